The van der Waals surface area contributed by atoms with Crippen molar-refractivity contribution in [3.05, 3.63) is 41.5 Å². The van der Waals surface area contributed by atoms with Crippen molar-refractivity contribution in [1.29, 1.82) is 0 Å². The van der Waals surface area contributed by atoms with Crippen LogP contribution < -0.4 is 10.1 Å². The molecule has 0 spiro atoms. The largest absolute Gasteiger partial charge is 0.497 e. The van der Waals surface area contributed by atoms with Gasteiger partial charge in [-0.05, 0) is 41.0 Å². The van der Waals surface area contributed by atoms with Crippen molar-refractivity contribution in [3.63, 3.8) is 0 Å². The van der Waals surface area contributed by atoms with Crippen LogP contribution in [0.4, 0.5) is 0 Å². The second kappa shape index (κ2) is 4.92. The molecule has 2 aromatic rings. The Balaban J connectivity index is 2.00. The first-order chi connectivity index (χ1) is 9.28. The maximum Gasteiger partial charge on any atom is 0.119 e. The van der Waals surface area contributed by atoms with Crippen LogP contribution in [0.1, 0.15) is 11.1 Å². The molecule has 0 fully saturated rings. The molecule has 1 aliphatic rings. The topological polar surface area (TPSA) is 33.6 Å². The van der Waals surface area contributed by atoms with E-state index >= 15 is 0 Å². The molecule has 98 valence electrons. The SMILES string of the molecule is COc1ccc2c(C)c(CC3=NCCN3)ccc2c1. The summed E-state index contributed by atoms with van der Waals surface area (Å²) in [6.07, 6.45) is 0.897. The Morgan fingerprint density at radius 1 is 1.26 bits per heavy atom. The van der Waals surface area contributed by atoms with Gasteiger partial charge in [-0.25, -0.2) is 0 Å². The average molecular weight is 254 g/mol. The number of ether oxygens (including phenoxy) is 1. The molecule has 0 radical (unpaired) electrons. The fourth-order valence-corrected chi connectivity index (χ4v) is 2.57. The van der Waals surface area contributed by atoms with Gasteiger partial charge in [0, 0.05) is 13.0 Å². The zero-order valence-corrected chi connectivity index (χ0v) is 11.4. The number of fused-ring (bicyclic) bond motifs is 1. The molecule has 1 heterocycles. The van der Waals surface area contributed by atoms with Crippen molar-refractivity contribution in [2.75, 3.05) is 20.2 Å². The predicted octanol–water partition coefficient (Wildman–Crippen LogP) is 2.70. The van der Waals surface area contributed by atoms with Crippen molar-refractivity contribution in [2.45, 2.75) is 13.3 Å². The molecule has 0 aromatic heterocycles. The standard InChI is InChI=1S/C16H18N2O/c1-11-12(10-16-17-7-8-18-16)3-4-13-9-14(19-2)5-6-15(11)13/h3-6,9H,7-8,10H2,1-2H3,(H,17,18). The summed E-state index contributed by atoms with van der Waals surface area (Å²) in [5, 5.41) is 5.84. The van der Waals surface area contributed by atoms with Gasteiger partial charge in [0.15, 0.2) is 0 Å². The molecule has 3 rings (SSSR count). The van der Waals surface area contributed by atoms with Crippen molar-refractivity contribution in [3.8, 4) is 5.75 Å². The zero-order chi connectivity index (χ0) is 13.2. The Labute approximate surface area is 113 Å². The quantitative estimate of drug-likeness (QED) is 0.913. The van der Waals surface area contributed by atoms with E-state index in [4.69, 9.17) is 4.74 Å². The van der Waals surface area contributed by atoms with Gasteiger partial charge >= 0.3 is 0 Å². The van der Waals surface area contributed by atoms with Crippen LogP contribution >= 0.6 is 0 Å². The van der Waals surface area contributed by atoms with E-state index in [0.717, 1.165) is 31.1 Å². The fourth-order valence-electron chi connectivity index (χ4n) is 2.57. The number of benzene rings is 2. The van der Waals surface area contributed by atoms with Crippen LogP contribution in [0.2, 0.25) is 0 Å². The maximum absolute atomic E-state index is 5.27. The lowest BCUT2D eigenvalue weighted by Gasteiger charge is -2.11. The maximum atomic E-state index is 5.27. The number of aliphatic imine (C=N–C) groups is 1. The molecule has 2 aromatic carbocycles. The average Bonchev–Trinajstić information content (AvgIpc) is 2.94. The Bertz CT molecular complexity index is 646. The van der Waals surface area contributed by atoms with Crippen LogP contribution in [0.5, 0.6) is 5.75 Å². The summed E-state index contributed by atoms with van der Waals surface area (Å²) in [4.78, 5) is 4.47. The Morgan fingerprint density at radius 2 is 2.16 bits per heavy atom. The summed E-state index contributed by atoms with van der Waals surface area (Å²) in [5.41, 5.74) is 2.67. The lowest BCUT2D eigenvalue weighted by atomic mass is 9.97. The highest BCUT2D eigenvalue weighted by atomic mass is 16.5. The highest BCUT2D eigenvalue weighted by molar-refractivity contribution is 5.91. The van der Waals surface area contributed by atoms with Crippen molar-refractivity contribution in [1.82, 2.24) is 5.32 Å². The van der Waals surface area contributed by atoms with Crippen LogP contribution in [0, 0.1) is 6.92 Å². The van der Waals surface area contributed by atoms with Crippen LogP contribution in [0.15, 0.2) is 35.3 Å². The van der Waals surface area contributed by atoms with Crippen LogP contribution in [0.25, 0.3) is 10.8 Å². The summed E-state index contributed by atoms with van der Waals surface area (Å²) in [6.45, 7) is 4.05. The lowest BCUT2D eigenvalue weighted by molar-refractivity contribution is 0.415. The minimum absolute atomic E-state index is 0.897. The van der Waals surface area contributed by atoms with E-state index in [9.17, 15) is 0 Å². The first kappa shape index (κ1) is 12.0. The van der Waals surface area contributed by atoms with Gasteiger partial charge in [0.05, 0.1) is 13.7 Å². The first-order valence-corrected chi connectivity index (χ1v) is 6.61. The van der Waals surface area contributed by atoms with Gasteiger partial charge in [-0.1, -0.05) is 18.2 Å². The van der Waals surface area contributed by atoms with Crippen LogP contribution in [-0.2, 0) is 6.42 Å². The van der Waals surface area contributed by atoms with E-state index in [2.05, 4.69) is 41.5 Å². The summed E-state index contributed by atoms with van der Waals surface area (Å²) < 4.78 is 5.27. The molecule has 0 atom stereocenters. The molecule has 0 bridgehead atoms. The van der Waals surface area contributed by atoms with Gasteiger partial charge < -0.3 is 10.1 Å². The molecule has 3 nitrogen and oxygen atoms in total. The monoisotopic (exact) mass is 254 g/mol. The third-order valence-corrected chi connectivity index (χ3v) is 3.71. The van der Waals surface area contributed by atoms with Gasteiger partial charge in [0.2, 0.25) is 0 Å². The number of rotatable bonds is 3. The fraction of sp³-hybridized carbons (Fsp3) is 0.312. The van der Waals surface area contributed by atoms with Gasteiger partial charge in [-0.3, -0.25) is 4.99 Å². The summed E-state index contributed by atoms with van der Waals surface area (Å²) >= 11 is 0. The van der Waals surface area contributed by atoms with Gasteiger partial charge in [0.1, 0.15) is 11.6 Å². The van der Waals surface area contributed by atoms with Gasteiger partial charge in [0.25, 0.3) is 0 Å². The molecule has 1 aliphatic heterocycles. The number of aryl methyl sites for hydroxylation is 1. The molecule has 0 aliphatic carbocycles. The van der Waals surface area contributed by atoms with Gasteiger partial charge in [-0.15, -0.1) is 0 Å². The molecule has 19 heavy (non-hydrogen) atoms. The smallest absolute Gasteiger partial charge is 0.119 e. The van der Waals surface area contributed by atoms with E-state index in [0.29, 0.717) is 0 Å². The van der Waals surface area contributed by atoms with Crippen LogP contribution in [-0.4, -0.2) is 26.0 Å². The van der Waals surface area contributed by atoms with E-state index in [1.165, 1.54) is 21.9 Å². The van der Waals surface area contributed by atoms with E-state index in [1.807, 2.05) is 6.07 Å². The molecule has 3 heteroatoms. The molecule has 0 unspecified atom stereocenters. The number of hydrogen-bond acceptors (Lipinski definition) is 3. The summed E-state index contributed by atoms with van der Waals surface area (Å²) in [7, 11) is 1.70. The highest BCUT2D eigenvalue weighted by Crippen LogP contribution is 2.26. The minimum atomic E-state index is 0.897. The Kier molecular flexibility index (Phi) is 3.11. The third-order valence-electron chi connectivity index (χ3n) is 3.71. The molecule has 0 saturated carbocycles. The number of amidine groups is 1. The van der Waals surface area contributed by atoms with Crippen molar-refractivity contribution >= 4 is 16.6 Å². The lowest BCUT2D eigenvalue weighted by Crippen LogP contribution is -2.20. The number of nitrogens with zero attached hydrogens (tertiary/aromatic N) is 1. The predicted molar refractivity (Wildman–Crippen MR) is 79.2 cm³/mol. The molecule has 0 amide bonds. The number of hydrogen-bond donors (Lipinski definition) is 1. The zero-order valence-electron chi connectivity index (χ0n) is 11.4. The van der Waals surface area contributed by atoms with E-state index < -0.39 is 0 Å². The highest BCUT2D eigenvalue weighted by Gasteiger charge is 2.10. The van der Waals surface area contributed by atoms with Crippen molar-refractivity contribution in [2.24, 2.45) is 4.99 Å². The van der Waals surface area contributed by atoms with Crippen LogP contribution in [0.3, 0.4) is 0 Å². The minimum Gasteiger partial charge on any atom is -0.497 e. The second-order valence-electron chi connectivity index (χ2n) is 4.87. The molecular formula is C16H18N2O. The third kappa shape index (κ3) is 2.28. The summed E-state index contributed by atoms with van der Waals surface area (Å²) in [6, 6.07) is 10.6. The molecule has 0 saturated heterocycles. The second-order valence-corrected chi connectivity index (χ2v) is 4.87. The van der Waals surface area contributed by atoms with E-state index in [1.54, 1.807) is 7.11 Å². The Hall–Kier alpha value is -2.03. The van der Waals surface area contributed by atoms with E-state index in [-0.39, 0.29) is 0 Å². The first-order valence-electron chi connectivity index (χ1n) is 6.61. The molecule has 1 N–H and O–H groups in total. The normalized spacial score (nSPS) is 14.3. The number of methoxy groups -OCH3 is 1. The Morgan fingerprint density at radius 3 is 2.89 bits per heavy atom. The van der Waals surface area contributed by atoms with Gasteiger partial charge in [-0.2, -0.15) is 0 Å². The summed E-state index contributed by atoms with van der Waals surface area (Å²) in [5.74, 6) is 2.01. The number of nitrogens with one attached hydrogen (secondary N) is 1. The molecular weight excluding hydrogens is 236 g/mol. The van der Waals surface area contributed by atoms with Crippen molar-refractivity contribution < 1.29 is 4.74 Å².